The molecule has 1 aromatic rings. The molecule has 114 valence electrons. The van der Waals surface area contributed by atoms with Gasteiger partial charge < -0.3 is 15.4 Å². The Morgan fingerprint density at radius 3 is 2.57 bits per heavy atom. The number of rotatable bonds is 6. The monoisotopic (exact) mass is 333 g/mol. The van der Waals surface area contributed by atoms with Gasteiger partial charge in [0, 0.05) is 12.7 Å². The molecule has 2 N–H and O–H groups in total. The van der Waals surface area contributed by atoms with Crippen molar-refractivity contribution in [3.05, 3.63) is 28.0 Å². The second-order valence-electron chi connectivity index (χ2n) is 3.80. The summed E-state index contributed by atoms with van der Waals surface area (Å²) in [6.07, 6.45) is 1.18. The molecule has 1 heterocycles. The van der Waals surface area contributed by atoms with Crippen molar-refractivity contribution >= 4 is 41.0 Å². The number of carbonyl (C=O) groups is 3. The zero-order valence-corrected chi connectivity index (χ0v) is 12.6. The van der Waals surface area contributed by atoms with E-state index >= 15 is 0 Å². The number of nitrogens with zero attached hydrogens (tertiary/aromatic N) is 1. The van der Waals surface area contributed by atoms with Gasteiger partial charge in [-0.1, -0.05) is 23.2 Å². The number of ether oxygens (including phenoxy) is 1. The van der Waals surface area contributed by atoms with Crippen LogP contribution in [0.2, 0.25) is 10.2 Å². The van der Waals surface area contributed by atoms with E-state index in [1.807, 2.05) is 0 Å². The van der Waals surface area contributed by atoms with E-state index in [4.69, 9.17) is 27.9 Å². The Morgan fingerprint density at radius 1 is 1.24 bits per heavy atom. The van der Waals surface area contributed by atoms with Crippen molar-refractivity contribution in [2.75, 3.05) is 19.7 Å². The Labute approximate surface area is 131 Å². The topological polar surface area (TPSA) is 97.4 Å². The van der Waals surface area contributed by atoms with Crippen LogP contribution in [0.5, 0.6) is 0 Å². The number of hydrogen-bond donors (Lipinski definition) is 2. The van der Waals surface area contributed by atoms with Crippen LogP contribution in [-0.4, -0.2) is 42.5 Å². The average molecular weight is 334 g/mol. The first-order chi connectivity index (χ1) is 9.93. The largest absolute Gasteiger partial charge is 0.452 e. The highest BCUT2D eigenvalue weighted by molar-refractivity contribution is 6.41. The maximum Gasteiger partial charge on any atom is 0.340 e. The molecule has 0 aliphatic carbocycles. The predicted molar refractivity (Wildman–Crippen MR) is 76.2 cm³/mol. The molecule has 0 unspecified atom stereocenters. The van der Waals surface area contributed by atoms with E-state index in [1.54, 1.807) is 6.92 Å². The number of halogens is 2. The minimum atomic E-state index is -0.769. The minimum Gasteiger partial charge on any atom is -0.452 e. The summed E-state index contributed by atoms with van der Waals surface area (Å²) in [5.41, 5.74) is 0.0703. The Kier molecular flexibility index (Phi) is 6.90. The van der Waals surface area contributed by atoms with Crippen LogP contribution >= 0.6 is 23.2 Å². The third kappa shape index (κ3) is 5.97. The van der Waals surface area contributed by atoms with Crippen molar-refractivity contribution in [1.82, 2.24) is 15.6 Å². The molecule has 7 nitrogen and oxygen atoms in total. The zero-order valence-electron chi connectivity index (χ0n) is 11.1. The van der Waals surface area contributed by atoms with E-state index in [-0.39, 0.29) is 28.2 Å². The molecule has 9 heteroatoms. The molecule has 0 bridgehead atoms. The van der Waals surface area contributed by atoms with Crippen LogP contribution in [0.25, 0.3) is 0 Å². The molecule has 21 heavy (non-hydrogen) atoms. The number of carbonyl (C=O) groups excluding carboxylic acids is 3. The highest BCUT2D eigenvalue weighted by atomic mass is 35.5. The lowest BCUT2D eigenvalue weighted by Gasteiger charge is -2.07. The van der Waals surface area contributed by atoms with Crippen LogP contribution < -0.4 is 10.6 Å². The predicted octanol–water partition coefficient (Wildman–Crippen LogP) is 0.797. The number of amides is 2. The summed E-state index contributed by atoms with van der Waals surface area (Å²) in [7, 11) is 0. The fraction of sp³-hybridized carbons (Fsp3) is 0.333. The number of esters is 1. The standard InChI is InChI=1S/C12H13Cl2N3O4/c1-2-15-9(18)5-16-10(19)6-21-12(20)7-3-8(13)11(14)17-4-7/h3-4H,2,5-6H2,1H3,(H,15,18)(H,16,19). The minimum absolute atomic E-state index is 0.0629. The quantitative estimate of drug-likeness (QED) is 0.592. The molecule has 1 rings (SSSR count). The maximum atomic E-state index is 11.6. The van der Waals surface area contributed by atoms with Gasteiger partial charge in [-0.3, -0.25) is 9.59 Å². The van der Waals surface area contributed by atoms with Crippen molar-refractivity contribution in [3.63, 3.8) is 0 Å². The van der Waals surface area contributed by atoms with Gasteiger partial charge in [0.15, 0.2) is 6.61 Å². The van der Waals surface area contributed by atoms with E-state index < -0.39 is 18.5 Å². The summed E-state index contributed by atoms with van der Waals surface area (Å²) in [6.45, 7) is 1.53. The molecular weight excluding hydrogens is 321 g/mol. The average Bonchev–Trinajstić information content (AvgIpc) is 2.45. The van der Waals surface area contributed by atoms with E-state index in [0.717, 1.165) is 0 Å². The van der Waals surface area contributed by atoms with Gasteiger partial charge in [0.05, 0.1) is 17.1 Å². The van der Waals surface area contributed by atoms with Crippen molar-refractivity contribution in [2.24, 2.45) is 0 Å². The van der Waals surface area contributed by atoms with E-state index in [2.05, 4.69) is 15.6 Å². The van der Waals surface area contributed by atoms with Crippen LogP contribution in [-0.2, 0) is 14.3 Å². The molecule has 2 amide bonds. The van der Waals surface area contributed by atoms with Crippen molar-refractivity contribution in [3.8, 4) is 0 Å². The van der Waals surface area contributed by atoms with Crippen molar-refractivity contribution < 1.29 is 19.1 Å². The molecule has 0 saturated carbocycles. The summed E-state index contributed by atoms with van der Waals surface area (Å²) >= 11 is 11.3. The first-order valence-corrected chi connectivity index (χ1v) is 6.71. The molecule has 0 aliphatic rings. The van der Waals surface area contributed by atoms with Crippen LogP contribution in [0.1, 0.15) is 17.3 Å². The van der Waals surface area contributed by atoms with Gasteiger partial charge in [0.2, 0.25) is 5.91 Å². The third-order valence-electron chi connectivity index (χ3n) is 2.19. The molecular formula is C12H13Cl2N3O4. The van der Waals surface area contributed by atoms with Gasteiger partial charge in [-0.25, -0.2) is 9.78 Å². The highest BCUT2D eigenvalue weighted by Crippen LogP contribution is 2.19. The van der Waals surface area contributed by atoms with Gasteiger partial charge in [0.25, 0.3) is 5.91 Å². The van der Waals surface area contributed by atoms with Gasteiger partial charge in [-0.2, -0.15) is 0 Å². The van der Waals surface area contributed by atoms with E-state index in [1.165, 1.54) is 12.3 Å². The molecule has 0 aliphatic heterocycles. The normalized spacial score (nSPS) is 9.86. The van der Waals surface area contributed by atoms with Gasteiger partial charge in [-0.05, 0) is 13.0 Å². The zero-order chi connectivity index (χ0) is 15.8. The third-order valence-corrected chi connectivity index (χ3v) is 2.87. The smallest absolute Gasteiger partial charge is 0.340 e. The Hall–Kier alpha value is -1.86. The van der Waals surface area contributed by atoms with Crippen molar-refractivity contribution in [2.45, 2.75) is 6.92 Å². The first kappa shape index (κ1) is 17.2. The van der Waals surface area contributed by atoms with Gasteiger partial charge in [0.1, 0.15) is 5.15 Å². The molecule has 0 radical (unpaired) electrons. The number of pyridine rings is 1. The first-order valence-electron chi connectivity index (χ1n) is 5.95. The lowest BCUT2D eigenvalue weighted by Crippen LogP contribution is -2.38. The summed E-state index contributed by atoms with van der Waals surface area (Å²) < 4.78 is 4.75. The second kappa shape index (κ2) is 8.43. The van der Waals surface area contributed by atoms with E-state index in [9.17, 15) is 14.4 Å². The highest BCUT2D eigenvalue weighted by Gasteiger charge is 2.13. The fourth-order valence-electron chi connectivity index (χ4n) is 1.24. The van der Waals surface area contributed by atoms with Gasteiger partial charge in [-0.15, -0.1) is 0 Å². The van der Waals surface area contributed by atoms with Crippen LogP contribution in [0.4, 0.5) is 0 Å². The number of nitrogens with one attached hydrogen (secondary N) is 2. The van der Waals surface area contributed by atoms with Crippen molar-refractivity contribution in [1.29, 1.82) is 0 Å². The Balaban J connectivity index is 2.40. The maximum absolute atomic E-state index is 11.6. The Morgan fingerprint density at radius 2 is 1.95 bits per heavy atom. The van der Waals surface area contributed by atoms with Gasteiger partial charge >= 0.3 is 5.97 Å². The summed E-state index contributed by atoms with van der Waals surface area (Å²) in [4.78, 5) is 37.8. The lowest BCUT2D eigenvalue weighted by molar-refractivity contribution is -0.127. The second-order valence-corrected chi connectivity index (χ2v) is 4.57. The number of hydrogen-bond acceptors (Lipinski definition) is 5. The Bertz CT molecular complexity index is 551. The molecule has 1 aromatic heterocycles. The van der Waals surface area contributed by atoms with Crippen LogP contribution in [0.3, 0.4) is 0 Å². The SMILES string of the molecule is CCNC(=O)CNC(=O)COC(=O)c1cnc(Cl)c(Cl)c1. The molecule has 0 atom stereocenters. The van der Waals surface area contributed by atoms with E-state index in [0.29, 0.717) is 6.54 Å². The summed E-state index contributed by atoms with van der Waals surface area (Å²) in [6, 6.07) is 1.28. The molecule has 0 fully saturated rings. The summed E-state index contributed by atoms with van der Waals surface area (Å²) in [5, 5.41) is 4.98. The fourth-order valence-corrected chi connectivity index (χ4v) is 1.51. The lowest BCUT2D eigenvalue weighted by atomic mass is 10.3. The van der Waals surface area contributed by atoms with Crippen LogP contribution in [0, 0.1) is 0 Å². The number of likely N-dealkylation sites (N-methyl/N-ethyl adjacent to an activating group) is 1. The molecule has 0 saturated heterocycles. The summed E-state index contributed by atoms with van der Waals surface area (Å²) in [5.74, 6) is -1.69. The molecule has 0 aromatic carbocycles. The number of aromatic nitrogens is 1. The molecule has 0 spiro atoms. The van der Waals surface area contributed by atoms with Crippen LogP contribution in [0.15, 0.2) is 12.3 Å².